The number of ether oxygens (including phenoxy) is 1. The van der Waals surface area contributed by atoms with E-state index < -0.39 is 5.82 Å². The Morgan fingerprint density at radius 2 is 2.31 bits per heavy atom. The molecule has 1 aromatic carbocycles. The van der Waals surface area contributed by atoms with E-state index in [1.165, 1.54) is 25.5 Å². The average Bonchev–Trinajstić information content (AvgIpc) is 2.28. The molecule has 86 valence electrons. The molecule has 0 fully saturated rings. The van der Waals surface area contributed by atoms with Crippen LogP contribution in [-0.4, -0.2) is 26.1 Å². The lowest BCUT2D eigenvalue weighted by atomic mass is 10.1. The van der Waals surface area contributed by atoms with Gasteiger partial charge in [0.05, 0.1) is 30.3 Å². The summed E-state index contributed by atoms with van der Waals surface area (Å²) in [6.07, 6.45) is 1.18. The molecule has 0 unspecified atom stereocenters. The molecule has 0 saturated heterocycles. The largest absolute Gasteiger partial charge is 0.494 e. The van der Waals surface area contributed by atoms with Crippen molar-refractivity contribution in [2.75, 3.05) is 19.9 Å². The zero-order valence-electron chi connectivity index (χ0n) is 9.04. The van der Waals surface area contributed by atoms with E-state index in [1.807, 2.05) is 0 Å². The molecule has 16 heavy (non-hydrogen) atoms. The maximum Gasteiger partial charge on any atom is 0.154 e. The van der Waals surface area contributed by atoms with Crippen molar-refractivity contribution in [3.8, 4) is 5.75 Å². The summed E-state index contributed by atoms with van der Waals surface area (Å²) in [6, 6.07) is 2.58. The second-order valence-electron chi connectivity index (χ2n) is 2.94. The van der Waals surface area contributed by atoms with Gasteiger partial charge in [0.1, 0.15) is 5.82 Å². The maximum atomic E-state index is 13.5. The van der Waals surface area contributed by atoms with E-state index in [1.54, 1.807) is 7.05 Å². The van der Waals surface area contributed by atoms with E-state index in [0.29, 0.717) is 0 Å². The van der Waals surface area contributed by atoms with E-state index in [4.69, 9.17) is 15.9 Å². The van der Waals surface area contributed by atoms with Crippen molar-refractivity contribution in [1.29, 1.82) is 5.41 Å². The van der Waals surface area contributed by atoms with Gasteiger partial charge in [0, 0.05) is 7.05 Å². The summed E-state index contributed by atoms with van der Waals surface area (Å²) in [5, 5.41) is 11.3. The van der Waals surface area contributed by atoms with Crippen LogP contribution >= 0.6 is 0 Å². The minimum Gasteiger partial charge on any atom is -0.494 e. The van der Waals surface area contributed by atoms with Crippen LogP contribution < -0.4 is 15.9 Å². The lowest BCUT2D eigenvalue weighted by molar-refractivity contribution is 0.412. The van der Waals surface area contributed by atoms with Gasteiger partial charge in [-0.25, -0.2) is 4.39 Å². The molecule has 0 aliphatic heterocycles. The van der Waals surface area contributed by atoms with Crippen LogP contribution in [0.15, 0.2) is 17.2 Å². The Morgan fingerprint density at radius 3 is 2.88 bits per heavy atom. The molecule has 0 atom stereocenters. The summed E-state index contributed by atoms with van der Waals surface area (Å²) >= 11 is 0. The number of benzene rings is 1. The zero-order valence-corrected chi connectivity index (χ0v) is 9.04. The molecule has 0 aromatic heterocycles. The number of methoxy groups -OCH3 is 1. The van der Waals surface area contributed by atoms with E-state index in [2.05, 4.69) is 10.5 Å². The molecule has 6 heteroatoms. The quantitative estimate of drug-likeness (QED) is 0.405. The van der Waals surface area contributed by atoms with Crippen LogP contribution in [0.25, 0.3) is 0 Å². The number of halogens is 1. The fourth-order valence-electron chi connectivity index (χ4n) is 1.24. The van der Waals surface area contributed by atoms with E-state index in [9.17, 15) is 4.39 Å². The number of hydrazone groups is 1. The first kappa shape index (κ1) is 12.0. The SMILES string of the molecule is CN/N=C\C(=N)c1c(F)ccc(N)c1OC. The van der Waals surface area contributed by atoms with Gasteiger partial charge < -0.3 is 15.9 Å². The van der Waals surface area contributed by atoms with Crippen molar-refractivity contribution in [1.82, 2.24) is 5.43 Å². The van der Waals surface area contributed by atoms with Gasteiger partial charge in [-0.15, -0.1) is 0 Å². The average molecular weight is 224 g/mol. The van der Waals surface area contributed by atoms with Crippen molar-refractivity contribution in [2.24, 2.45) is 5.10 Å². The van der Waals surface area contributed by atoms with Crippen molar-refractivity contribution in [3.63, 3.8) is 0 Å². The first-order chi connectivity index (χ1) is 7.61. The predicted octanol–water partition coefficient (Wildman–Crippen LogP) is 0.990. The summed E-state index contributed by atoms with van der Waals surface area (Å²) in [5.41, 5.74) is 8.26. The Kier molecular flexibility index (Phi) is 3.82. The van der Waals surface area contributed by atoms with Gasteiger partial charge in [0.2, 0.25) is 0 Å². The Balaban J connectivity index is 3.25. The Hall–Kier alpha value is -2.11. The monoisotopic (exact) mass is 224 g/mol. The predicted molar refractivity (Wildman–Crippen MR) is 61.7 cm³/mol. The number of anilines is 1. The van der Waals surface area contributed by atoms with Crippen molar-refractivity contribution < 1.29 is 9.13 Å². The highest BCUT2D eigenvalue weighted by atomic mass is 19.1. The smallest absolute Gasteiger partial charge is 0.154 e. The standard InChI is InChI=1S/C10H13FN4O/c1-14-15-5-8(13)9-6(11)3-4-7(12)10(9)16-2/h3-5,13-14H,12H2,1-2H3/b13-8?,15-5-. The molecule has 5 nitrogen and oxygen atoms in total. The second-order valence-corrected chi connectivity index (χ2v) is 2.94. The van der Waals surface area contributed by atoms with E-state index >= 15 is 0 Å². The Labute approximate surface area is 92.6 Å². The summed E-state index contributed by atoms with van der Waals surface area (Å²) < 4.78 is 18.5. The highest BCUT2D eigenvalue weighted by Gasteiger charge is 2.15. The summed E-state index contributed by atoms with van der Waals surface area (Å²) in [5.74, 6) is -0.425. The van der Waals surface area contributed by atoms with Crippen LogP contribution in [0, 0.1) is 11.2 Å². The van der Waals surface area contributed by atoms with Crippen molar-refractivity contribution >= 4 is 17.6 Å². The lowest BCUT2D eigenvalue weighted by Crippen LogP contribution is -2.10. The number of hydrogen-bond acceptors (Lipinski definition) is 5. The van der Waals surface area contributed by atoms with Crippen LogP contribution in [0.1, 0.15) is 5.56 Å². The molecule has 4 N–H and O–H groups in total. The molecule has 0 amide bonds. The molecule has 0 spiro atoms. The normalized spacial score (nSPS) is 10.4. The van der Waals surface area contributed by atoms with Crippen LogP contribution in [-0.2, 0) is 0 Å². The molecule has 1 aromatic rings. The van der Waals surface area contributed by atoms with Gasteiger partial charge in [0.25, 0.3) is 0 Å². The van der Waals surface area contributed by atoms with Crippen molar-refractivity contribution in [3.05, 3.63) is 23.5 Å². The first-order valence-corrected chi connectivity index (χ1v) is 4.52. The van der Waals surface area contributed by atoms with Crippen LogP contribution in [0.2, 0.25) is 0 Å². The number of nitrogens with zero attached hydrogens (tertiary/aromatic N) is 1. The fraction of sp³-hybridized carbons (Fsp3) is 0.200. The van der Waals surface area contributed by atoms with Gasteiger partial charge in [0.15, 0.2) is 5.75 Å². The number of nitrogens with two attached hydrogens (primary N) is 1. The number of nitrogens with one attached hydrogen (secondary N) is 2. The molecule has 0 aliphatic rings. The lowest BCUT2D eigenvalue weighted by Gasteiger charge is -2.10. The number of nitrogen functional groups attached to an aromatic ring is 1. The Bertz CT molecular complexity index is 431. The van der Waals surface area contributed by atoms with E-state index in [-0.39, 0.29) is 22.7 Å². The third-order valence-corrected chi connectivity index (χ3v) is 1.93. The zero-order chi connectivity index (χ0) is 12.1. The van der Waals surface area contributed by atoms with Gasteiger partial charge in [-0.1, -0.05) is 0 Å². The minimum absolute atomic E-state index is 0.00139. The molecule has 1 rings (SSSR count). The first-order valence-electron chi connectivity index (χ1n) is 4.52. The molecule has 0 saturated carbocycles. The topological polar surface area (TPSA) is 83.5 Å². The van der Waals surface area contributed by atoms with Crippen LogP contribution in [0.4, 0.5) is 10.1 Å². The molecular weight excluding hydrogens is 211 g/mol. The minimum atomic E-state index is -0.571. The summed E-state index contributed by atoms with van der Waals surface area (Å²) in [7, 11) is 2.95. The number of rotatable bonds is 4. The maximum absolute atomic E-state index is 13.5. The fourth-order valence-corrected chi connectivity index (χ4v) is 1.24. The van der Waals surface area contributed by atoms with Crippen LogP contribution in [0.5, 0.6) is 5.75 Å². The van der Waals surface area contributed by atoms with Gasteiger partial charge in [-0.2, -0.15) is 5.10 Å². The third kappa shape index (κ3) is 2.28. The molecule has 0 aliphatic carbocycles. The van der Waals surface area contributed by atoms with Gasteiger partial charge in [-0.05, 0) is 12.1 Å². The van der Waals surface area contributed by atoms with Crippen LogP contribution in [0.3, 0.4) is 0 Å². The van der Waals surface area contributed by atoms with E-state index in [0.717, 1.165) is 0 Å². The van der Waals surface area contributed by atoms with Gasteiger partial charge >= 0.3 is 0 Å². The van der Waals surface area contributed by atoms with Gasteiger partial charge in [-0.3, -0.25) is 5.41 Å². The third-order valence-electron chi connectivity index (χ3n) is 1.93. The molecule has 0 bridgehead atoms. The highest BCUT2D eigenvalue weighted by Crippen LogP contribution is 2.28. The Morgan fingerprint density at radius 1 is 1.62 bits per heavy atom. The highest BCUT2D eigenvalue weighted by molar-refractivity contribution is 6.37. The second kappa shape index (κ2) is 5.11. The molecule has 0 heterocycles. The summed E-state index contributed by atoms with van der Waals surface area (Å²) in [6.45, 7) is 0. The molecule has 0 radical (unpaired) electrons. The summed E-state index contributed by atoms with van der Waals surface area (Å²) in [4.78, 5) is 0. The molecular formula is C10H13FN4O. The number of hydrogen-bond donors (Lipinski definition) is 3. The van der Waals surface area contributed by atoms with Crippen molar-refractivity contribution in [2.45, 2.75) is 0 Å².